The summed E-state index contributed by atoms with van der Waals surface area (Å²) >= 11 is 10.9. The van der Waals surface area contributed by atoms with Crippen LogP contribution in [0.5, 0.6) is 0 Å². The van der Waals surface area contributed by atoms with Crippen LogP contribution in [0, 0.1) is 0 Å². The molecule has 2 aromatic heterocycles. The van der Waals surface area contributed by atoms with Crippen molar-refractivity contribution in [3.05, 3.63) is 34.0 Å². The molecule has 0 saturated carbocycles. The van der Waals surface area contributed by atoms with Crippen molar-refractivity contribution in [2.24, 2.45) is 0 Å². The van der Waals surface area contributed by atoms with E-state index >= 15 is 0 Å². The van der Waals surface area contributed by atoms with Gasteiger partial charge in [0.15, 0.2) is 0 Å². The molecule has 0 amide bonds. The van der Waals surface area contributed by atoms with Gasteiger partial charge in [0.05, 0.1) is 9.50 Å². The Morgan fingerprint density at radius 2 is 2.22 bits per heavy atom. The number of rotatable bonds is 4. The minimum absolute atomic E-state index is 0.593. The van der Waals surface area contributed by atoms with E-state index in [4.69, 9.17) is 11.6 Å². The van der Waals surface area contributed by atoms with Gasteiger partial charge in [-0.25, -0.2) is 15.0 Å². The Balaban J connectivity index is 2.28. The number of pyridine rings is 1. The van der Waals surface area contributed by atoms with Crippen molar-refractivity contribution in [2.45, 2.75) is 17.0 Å². The summed E-state index contributed by atoms with van der Waals surface area (Å²) in [5.41, 5.74) is 0. The second-order valence-corrected chi connectivity index (χ2v) is 5.51. The van der Waals surface area contributed by atoms with Gasteiger partial charge in [0.1, 0.15) is 10.1 Å². The smallest absolute Gasteiger partial charge is 0.223 e. The van der Waals surface area contributed by atoms with E-state index in [0.717, 1.165) is 21.1 Å². The third-order valence-corrected chi connectivity index (χ3v) is 4.25. The predicted octanol–water partition coefficient (Wildman–Crippen LogP) is 3.87. The number of aromatic nitrogens is 3. The predicted molar refractivity (Wildman–Crippen MR) is 77.3 cm³/mol. The minimum Gasteiger partial charge on any atom is -0.354 e. The zero-order valence-electron chi connectivity index (χ0n) is 9.52. The monoisotopic (exact) mass is 344 g/mol. The summed E-state index contributed by atoms with van der Waals surface area (Å²) in [6.07, 6.45) is 3.42. The Hall–Kier alpha value is -0.850. The zero-order valence-corrected chi connectivity index (χ0v) is 12.7. The molecule has 0 bridgehead atoms. The summed E-state index contributed by atoms with van der Waals surface area (Å²) in [5.74, 6) is 0.593. The molecule has 0 radical (unpaired) electrons. The van der Waals surface area contributed by atoms with Gasteiger partial charge in [-0.1, -0.05) is 11.6 Å². The average Bonchev–Trinajstić information content (AvgIpc) is 2.36. The normalized spacial score (nSPS) is 10.4. The van der Waals surface area contributed by atoms with Crippen LogP contribution in [0.2, 0.25) is 5.02 Å². The maximum absolute atomic E-state index is 6.07. The Labute approximate surface area is 123 Å². The van der Waals surface area contributed by atoms with E-state index < -0.39 is 0 Å². The number of nitrogens with zero attached hydrogens (tertiary/aromatic N) is 3. The molecule has 0 unspecified atom stereocenters. The molecule has 94 valence electrons. The third-order valence-electron chi connectivity index (χ3n) is 1.96. The second-order valence-electron chi connectivity index (χ2n) is 3.27. The molecule has 1 N–H and O–H groups in total. The maximum Gasteiger partial charge on any atom is 0.223 e. The fraction of sp³-hybridized carbons (Fsp3) is 0.182. The van der Waals surface area contributed by atoms with Crippen LogP contribution in [0.1, 0.15) is 6.92 Å². The van der Waals surface area contributed by atoms with Crippen molar-refractivity contribution in [1.29, 1.82) is 0 Å². The van der Waals surface area contributed by atoms with Crippen LogP contribution in [0.3, 0.4) is 0 Å². The molecule has 2 aromatic rings. The summed E-state index contributed by atoms with van der Waals surface area (Å²) in [7, 11) is 0. The first-order chi connectivity index (χ1) is 8.70. The summed E-state index contributed by atoms with van der Waals surface area (Å²) < 4.78 is 0.816. The van der Waals surface area contributed by atoms with Crippen molar-refractivity contribution >= 4 is 45.2 Å². The number of hydrogen-bond acceptors (Lipinski definition) is 5. The number of anilines is 1. The van der Waals surface area contributed by atoms with Crippen LogP contribution >= 0.6 is 39.3 Å². The number of hydrogen-bond donors (Lipinski definition) is 1. The van der Waals surface area contributed by atoms with E-state index in [1.54, 1.807) is 24.5 Å². The highest BCUT2D eigenvalue weighted by Crippen LogP contribution is 2.34. The van der Waals surface area contributed by atoms with Crippen LogP contribution < -0.4 is 5.32 Å². The van der Waals surface area contributed by atoms with Crippen LogP contribution in [-0.4, -0.2) is 21.5 Å². The topological polar surface area (TPSA) is 50.7 Å². The molecule has 0 atom stereocenters. The quantitative estimate of drug-likeness (QED) is 0.852. The van der Waals surface area contributed by atoms with Crippen LogP contribution in [-0.2, 0) is 0 Å². The van der Waals surface area contributed by atoms with E-state index in [2.05, 4.69) is 36.2 Å². The molecule has 2 heterocycles. The summed E-state index contributed by atoms with van der Waals surface area (Å²) in [6, 6.07) is 3.60. The van der Waals surface area contributed by atoms with Crippen molar-refractivity contribution in [1.82, 2.24) is 15.0 Å². The highest BCUT2D eigenvalue weighted by atomic mass is 79.9. The highest BCUT2D eigenvalue weighted by Gasteiger charge is 2.10. The largest absolute Gasteiger partial charge is 0.354 e. The minimum atomic E-state index is 0.593. The van der Waals surface area contributed by atoms with Gasteiger partial charge in [0.2, 0.25) is 5.95 Å². The van der Waals surface area contributed by atoms with Crippen molar-refractivity contribution < 1.29 is 0 Å². The molecule has 0 saturated heterocycles. The van der Waals surface area contributed by atoms with E-state index in [9.17, 15) is 0 Å². The summed E-state index contributed by atoms with van der Waals surface area (Å²) in [4.78, 5) is 12.8. The van der Waals surface area contributed by atoms with Gasteiger partial charge >= 0.3 is 0 Å². The summed E-state index contributed by atoms with van der Waals surface area (Å²) in [6.45, 7) is 2.77. The highest BCUT2D eigenvalue weighted by molar-refractivity contribution is 9.10. The Kier molecular flexibility index (Phi) is 4.79. The van der Waals surface area contributed by atoms with Crippen LogP contribution in [0.4, 0.5) is 5.95 Å². The molecule has 18 heavy (non-hydrogen) atoms. The lowest BCUT2D eigenvalue weighted by Gasteiger charge is -2.06. The molecule has 2 rings (SSSR count). The first-order valence-electron chi connectivity index (χ1n) is 5.25. The lowest BCUT2D eigenvalue weighted by Crippen LogP contribution is -2.02. The first kappa shape index (κ1) is 13.6. The van der Waals surface area contributed by atoms with E-state index in [1.165, 1.54) is 11.8 Å². The molecule has 0 aliphatic heterocycles. The van der Waals surface area contributed by atoms with Gasteiger partial charge in [0.25, 0.3) is 0 Å². The molecular formula is C11H10BrClN4S. The molecule has 0 spiro atoms. The number of nitrogens with one attached hydrogen (secondary N) is 1. The second kappa shape index (κ2) is 6.36. The van der Waals surface area contributed by atoms with Gasteiger partial charge in [-0.2, -0.15) is 0 Å². The lowest BCUT2D eigenvalue weighted by molar-refractivity contribution is 0.994. The molecule has 0 fully saturated rings. The van der Waals surface area contributed by atoms with Crippen LogP contribution in [0.25, 0.3) is 0 Å². The van der Waals surface area contributed by atoms with Gasteiger partial charge < -0.3 is 5.32 Å². The Morgan fingerprint density at radius 1 is 1.39 bits per heavy atom. The average molecular weight is 346 g/mol. The molecule has 0 aromatic carbocycles. The van der Waals surface area contributed by atoms with Crippen molar-refractivity contribution in [3.63, 3.8) is 0 Å². The van der Waals surface area contributed by atoms with Gasteiger partial charge in [-0.15, -0.1) is 0 Å². The molecular weight excluding hydrogens is 336 g/mol. The Bertz CT molecular complexity index is 552. The number of halogens is 2. The fourth-order valence-corrected chi connectivity index (χ4v) is 2.62. The van der Waals surface area contributed by atoms with Gasteiger partial charge in [-0.3, -0.25) is 0 Å². The third kappa shape index (κ3) is 3.34. The zero-order chi connectivity index (χ0) is 13.0. The van der Waals surface area contributed by atoms with Crippen molar-refractivity contribution in [3.8, 4) is 0 Å². The molecule has 7 heteroatoms. The van der Waals surface area contributed by atoms with Crippen LogP contribution in [0.15, 0.2) is 39.1 Å². The maximum atomic E-state index is 6.07. The molecule has 4 nitrogen and oxygen atoms in total. The molecule has 0 aliphatic carbocycles. The van der Waals surface area contributed by atoms with Crippen molar-refractivity contribution in [2.75, 3.05) is 11.9 Å². The van der Waals surface area contributed by atoms with Gasteiger partial charge in [-0.05, 0) is 46.7 Å². The first-order valence-corrected chi connectivity index (χ1v) is 7.24. The standard InChI is InChI=1S/C11H10BrClN4S/c1-2-14-11-16-6-7(12)9(17-11)18-10-8(13)4-3-5-15-10/h3-6H,2H2,1H3,(H,14,16,17). The lowest BCUT2D eigenvalue weighted by atomic mass is 10.5. The SMILES string of the molecule is CCNc1ncc(Br)c(Sc2ncccc2Cl)n1. The van der Waals surface area contributed by atoms with E-state index in [0.29, 0.717) is 11.0 Å². The van der Waals surface area contributed by atoms with E-state index in [1.807, 2.05) is 6.92 Å². The molecule has 0 aliphatic rings. The Morgan fingerprint density at radius 3 is 2.94 bits per heavy atom. The fourth-order valence-electron chi connectivity index (χ4n) is 1.20. The van der Waals surface area contributed by atoms with Gasteiger partial charge in [0, 0.05) is 18.9 Å². The summed E-state index contributed by atoms with van der Waals surface area (Å²) in [5, 5.41) is 5.18. The van der Waals surface area contributed by atoms with E-state index in [-0.39, 0.29) is 0 Å².